The largest absolute Gasteiger partial charge is 0.465 e. The lowest BCUT2D eigenvalue weighted by Crippen LogP contribution is -2.38. The van der Waals surface area contributed by atoms with E-state index in [1.165, 1.54) is 17.0 Å². The molecule has 0 aliphatic heterocycles. The van der Waals surface area contributed by atoms with Crippen molar-refractivity contribution in [2.75, 3.05) is 6.61 Å². The molecule has 0 saturated carbocycles. The molecule has 170 valence electrons. The standard InChI is InChI=1S/C22H21FN6O4/c1-4-32-21(31)22(2,3)18-20(30)26-25-19(24-18)16-11-17(15-9-10-33-28-15)29(27-16)12-13-7-5-6-8-14(13)23/h5-11H,4,12H2,1-3H3,(H,26,30). The van der Waals surface area contributed by atoms with Gasteiger partial charge in [0.05, 0.1) is 18.8 Å². The van der Waals surface area contributed by atoms with Crippen LogP contribution < -0.4 is 5.56 Å². The number of hydrogen-bond acceptors (Lipinski definition) is 8. The fourth-order valence-electron chi connectivity index (χ4n) is 3.27. The van der Waals surface area contributed by atoms with Crippen LogP contribution in [0.2, 0.25) is 0 Å². The Balaban J connectivity index is 1.79. The molecular weight excluding hydrogens is 431 g/mol. The molecule has 0 aliphatic carbocycles. The van der Waals surface area contributed by atoms with E-state index in [0.717, 1.165) is 0 Å². The third kappa shape index (κ3) is 4.29. The number of esters is 1. The van der Waals surface area contributed by atoms with Crippen molar-refractivity contribution in [3.63, 3.8) is 0 Å². The first kappa shape index (κ1) is 22.1. The molecular formula is C22H21FN6O4. The zero-order valence-corrected chi connectivity index (χ0v) is 18.2. The van der Waals surface area contributed by atoms with Gasteiger partial charge in [0.1, 0.15) is 34.6 Å². The maximum Gasteiger partial charge on any atom is 0.317 e. The molecule has 1 N–H and O–H groups in total. The molecule has 4 aromatic rings. The Morgan fingerprint density at radius 2 is 2.03 bits per heavy atom. The summed E-state index contributed by atoms with van der Waals surface area (Å²) in [4.78, 5) is 29.2. The molecule has 0 saturated heterocycles. The van der Waals surface area contributed by atoms with Crippen LogP contribution in [0.4, 0.5) is 4.39 Å². The molecule has 0 aliphatic rings. The van der Waals surface area contributed by atoms with Gasteiger partial charge >= 0.3 is 5.97 Å². The molecule has 4 rings (SSSR count). The molecule has 1 aromatic carbocycles. The van der Waals surface area contributed by atoms with Crippen LogP contribution in [-0.2, 0) is 21.5 Å². The highest BCUT2D eigenvalue weighted by Gasteiger charge is 2.36. The van der Waals surface area contributed by atoms with Gasteiger partial charge in [-0.15, -0.1) is 0 Å². The lowest BCUT2D eigenvalue weighted by atomic mass is 9.89. The predicted molar refractivity (Wildman–Crippen MR) is 115 cm³/mol. The summed E-state index contributed by atoms with van der Waals surface area (Å²) < 4.78 is 25.8. The van der Waals surface area contributed by atoms with Crippen molar-refractivity contribution in [1.82, 2.24) is 30.1 Å². The normalized spacial score (nSPS) is 11.5. The van der Waals surface area contributed by atoms with Crippen LogP contribution in [0, 0.1) is 5.82 Å². The molecule has 11 heteroatoms. The molecule has 0 atom stereocenters. The fraction of sp³-hybridized carbons (Fsp3) is 0.273. The maximum absolute atomic E-state index is 14.3. The van der Waals surface area contributed by atoms with Gasteiger partial charge < -0.3 is 9.26 Å². The van der Waals surface area contributed by atoms with Gasteiger partial charge in [0.25, 0.3) is 5.56 Å². The highest BCUT2D eigenvalue weighted by atomic mass is 19.1. The van der Waals surface area contributed by atoms with E-state index in [2.05, 4.69) is 25.4 Å². The Morgan fingerprint density at radius 1 is 1.24 bits per heavy atom. The van der Waals surface area contributed by atoms with Crippen LogP contribution in [0.25, 0.3) is 22.9 Å². The van der Waals surface area contributed by atoms with Gasteiger partial charge in [-0.05, 0) is 32.9 Å². The first-order valence-corrected chi connectivity index (χ1v) is 10.2. The van der Waals surface area contributed by atoms with Crippen LogP contribution in [-0.4, -0.2) is 42.7 Å². The minimum absolute atomic E-state index is 0.0578. The number of carbonyl (C=O) groups excluding carboxylic acids is 1. The molecule has 3 aromatic heterocycles. The van der Waals surface area contributed by atoms with Crippen molar-refractivity contribution in [1.29, 1.82) is 0 Å². The van der Waals surface area contributed by atoms with Crippen molar-refractivity contribution in [3.8, 4) is 22.9 Å². The van der Waals surface area contributed by atoms with E-state index < -0.39 is 16.9 Å². The topological polar surface area (TPSA) is 129 Å². The summed E-state index contributed by atoms with van der Waals surface area (Å²) in [5.41, 5.74) is -0.266. The number of nitrogens with one attached hydrogen (secondary N) is 1. The minimum Gasteiger partial charge on any atom is -0.465 e. The third-order valence-corrected chi connectivity index (χ3v) is 5.06. The Morgan fingerprint density at radius 3 is 2.73 bits per heavy atom. The summed E-state index contributed by atoms with van der Waals surface area (Å²) in [6, 6.07) is 9.64. The van der Waals surface area contributed by atoms with E-state index in [0.29, 0.717) is 22.6 Å². The van der Waals surface area contributed by atoms with Crippen LogP contribution in [0.3, 0.4) is 0 Å². The van der Waals surface area contributed by atoms with Crippen LogP contribution in [0.5, 0.6) is 0 Å². The zero-order valence-electron chi connectivity index (χ0n) is 18.2. The smallest absolute Gasteiger partial charge is 0.317 e. The molecule has 10 nitrogen and oxygen atoms in total. The zero-order chi connectivity index (χ0) is 23.6. The molecule has 0 radical (unpaired) electrons. The highest BCUT2D eigenvalue weighted by molar-refractivity contribution is 5.81. The first-order valence-electron chi connectivity index (χ1n) is 10.2. The van der Waals surface area contributed by atoms with E-state index in [1.54, 1.807) is 51.1 Å². The van der Waals surface area contributed by atoms with Crippen molar-refractivity contribution in [2.24, 2.45) is 0 Å². The summed E-state index contributed by atoms with van der Waals surface area (Å²) in [5.74, 6) is -0.882. The number of hydrogen-bond donors (Lipinski definition) is 1. The number of aromatic amines is 1. The Bertz CT molecular complexity index is 1340. The summed E-state index contributed by atoms with van der Waals surface area (Å²) in [7, 11) is 0. The second-order valence-corrected chi connectivity index (χ2v) is 7.73. The SMILES string of the molecule is CCOC(=O)C(C)(C)c1nc(-c2cc(-c3ccon3)n(Cc3ccccc3F)n2)n[nH]c1=O. The number of aromatic nitrogens is 6. The molecule has 0 unspecified atom stereocenters. The average molecular weight is 452 g/mol. The van der Waals surface area contributed by atoms with Crippen molar-refractivity contribution < 1.29 is 18.4 Å². The monoisotopic (exact) mass is 452 g/mol. The number of carbonyl (C=O) groups is 1. The van der Waals surface area contributed by atoms with Crippen molar-refractivity contribution >= 4 is 5.97 Å². The van der Waals surface area contributed by atoms with Crippen molar-refractivity contribution in [3.05, 3.63) is 70.1 Å². The second-order valence-electron chi connectivity index (χ2n) is 7.73. The van der Waals surface area contributed by atoms with Crippen LogP contribution in [0.1, 0.15) is 32.0 Å². The third-order valence-electron chi connectivity index (χ3n) is 5.06. The van der Waals surface area contributed by atoms with Crippen LogP contribution >= 0.6 is 0 Å². The molecule has 0 bridgehead atoms. The number of H-pyrrole nitrogens is 1. The average Bonchev–Trinajstić information content (AvgIpc) is 3.46. The Kier molecular flexibility index (Phi) is 5.86. The Labute approximate surface area is 187 Å². The molecule has 0 fully saturated rings. The molecule has 33 heavy (non-hydrogen) atoms. The number of halogens is 1. The fourth-order valence-corrected chi connectivity index (χ4v) is 3.27. The predicted octanol–water partition coefficient (Wildman–Crippen LogP) is 2.71. The van der Waals surface area contributed by atoms with Crippen LogP contribution in [0.15, 0.2) is 52.0 Å². The minimum atomic E-state index is -1.31. The first-order chi connectivity index (χ1) is 15.8. The summed E-state index contributed by atoms with van der Waals surface area (Å²) in [6.45, 7) is 5.05. The molecule has 0 spiro atoms. The lowest BCUT2D eigenvalue weighted by Gasteiger charge is -2.20. The number of ether oxygens (including phenoxy) is 1. The quantitative estimate of drug-likeness (QED) is 0.424. The van der Waals surface area contributed by atoms with Gasteiger partial charge in [0.2, 0.25) is 0 Å². The number of rotatable bonds is 7. The van der Waals surface area contributed by atoms with E-state index in [4.69, 9.17) is 9.26 Å². The number of nitrogens with zero attached hydrogens (tertiary/aromatic N) is 5. The van der Waals surface area contributed by atoms with Crippen molar-refractivity contribution in [2.45, 2.75) is 32.7 Å². The van der Waals surface area contributed by atoms with E-state index in [-0.39, 0.29) is 30.5 Å². The molecule has 0 amide bonds. The van der Waals surface area contributed by atoms with Gasteiger partial charge in [-0.25, -0.2) is 14.5 Å². The maximum atomic E-state index is 14.3. The number of benzene rings is 1. The van der Waals surface area contributed by atoms with Gasteiger partial charge in [-0.1, -0.05) is 23.4 Å². The van der Waals surface area contributed by atoms with E-state index in [1.807, 2.05) is 0 Å². The van der Waals surface area contributed by atoms with E-state index in [9.17, 15) is 14.0 Å². The molecule has 3 heterocycles. The summed E-state index contributed by atoms with van der Waals surface area (Å²) in [5, 5.41) is 14.8. The highest BCUT2D eigenvalue weighted by Crippen LogP contribution is 2.26. The van der Waals surface area contributed by atoms with Gasteiger partial charge in [-0.2, -0.15) is 10.2 Å². The van der Waals surface area contributed by atoms with E-state index >= 15 is 0 Å². The van der Waals surface area contributed by atoms with Gasteiger partial charge in [-0.3, -0.25) is 14.3 Å². The Hall–Kier alpha value is -4.15. The van der Waals surface area contributed by atoms with Gasteiger partial charge in [0.15, 0.2) is 5.82 Å². The van der Waals surface area contributed by atoms with Gasteiger partial charge in [0, 0.05) is 11.6 Å². The summed E-state index contributed by atoms with van der Waals surface area (Å²) in [6.07, 6.45) is 1.41. The second kappa shape index (κ2) is 8.77. The summed E-state index contributed by atoms with van der Waals surface area (Å²) >= 11 is 0. The lowest BCUT2D eigenvalue weighted by molar-refractivity contribution is -0.149.